The van der Waals surface area contributed by atoms with Crippen molar-refractivity contribution in [2.75, 3.05) is 26.0 Å². The highest BCUT2D eigenvalue weighted by atomic mass is 31.1. The van der Waals surface area contributed by atoms with Gasteiger partial charge in [0.05, 0.1) is 25.9 Å². The minimum Gasteiger partial charge on any atom is -0.466 e. The van der Waals surface area contributed by atoms with Crippen LogP contribution < -0.4 is 0 Å². The van der Waals surface area contributed by atoms with Crippen LogP contribution in [0.15, 0.2) is 0 Å². The zero-order valence-corrected chi connectivity index (χ0v) is 11.0. The average Bonchev–Trinajstić information content (AvgIpc) is 2.24. The van der Waals surface area contributed by atoms with Gasteiger partial charge in [-0.05, 0) is 13.8 Å². The monoisotopic (exact) mass is 267 g/mol. The van der Waals surface area contributed by atoms with Crippen molar-refractivity contribution in [2.45, 2.75) is 20.3 Å². The molecule has 0 aromatic rings. The third kappa shape index (κ3) is 7.76. The maximum atomic E-state index is 11.4. The lowest BCUT2D eigenvalue weighted by atomic mass is 10.4. The number of carbonyl (C=O) groups is 2. The molecule has 1 atom stereocenters. The SMILES string of the molecule is CCOC(=O)CCN(C[PH](=O)O)C(=O)OCC. The van der Waals surface area contributed by atoms with Gasteiger partial charge in [-0.15, -0.1) is 0 Å². The van der Waals surface area contributed by atoms with Gasteiger partial charge in [0.15, 0.2) is 0 Å². The molecule has 0 aromatic heterocycles. The van der Waals surface area contributed by atoms with Crippen molar-refractivity contribution in [1.29, 1.82) is 0 Å². The van der Waals surface area contributed by atoms with Crippen LogP contribution in [0.2, 0.25) is 0 Å². The molecule has 100 valence electrons. The molecule has 8 heteroatoms. The molecule has 1 amide bonds. The molecule has 7 nitrogen and oxygen atoms in total. The highest BCUT2D eigenvalue weighted by Gasteiger charge is 2.17. The van der Waals surface area contributed by atoms with E-state index in [0.717, 1.165) is 4.90 Å². The first-order valence-electron chi connectivity index (χ1n) is 5.30. The lowest BCUT2D eigenvalue weighted by Gasteiger charge is -2.19. The second-order valence-corrected chi connectivity index (χ2v) is 4.17. The Morgan fingerprint density at radius 3 is 2.29 bits per heavy atom. The number of esters is 1. The normalized spacial score (nSPS) is 11.7. The van der Waals surface area contributed by atoms with Crippen LogP contribution in [0, 0.1) is 0 Å². The van der Waals surface area contributed by atoms with Crippen molar-refractivity contribution in [3.05, 3.63) is 0 Å². The highest BCUT2D eigenvalue weighted by Crippen LogP contribution is 2.16. The molecule has 0 bridgehead atoms. The number of amides is 1. The van der Waals surface area contributed by atoms with E-state index in [1.54, 1.807) is 13.8 Å². The van der Waals surface area contributed by atoms with E-state index in [9.17, 15) is 14.2 Å². The maximum absolute atomic E-state index is 11.4. The van der Waals surface area contributed by atoms with Gasteiger partial charge in [-0.2, -0.15) is 0 Å². The first-order chi connectivity index (χ1) is 8.01. The number of rotatable bonds is 7. The number of ether oxygens (including phenoxy) is 2. The molecule has 17 heavy (non-hydrogen) atoms. The Balaban J connectivity index is 4.23. The van der Waals surface area contributed by atoms with Gasteiger partial charge >= 0.3 is 12.1 Å². The first kappa shape index (κ1) is 15.9. The standard InChI is InChI=1S/C9H18NO6P/c1-3-15-8(11)5-6-10(7-17(13)14)9(12)16-4-2/h17H,3-7H2,1-2H3,(H,13,14). The zero-order chi connectivity index (χ0) is 13.3. The topological polar surface area (TPSA) is 93.1 Å². The molecule has 0 aliphatic heterocycles. The molecule has 1 unspecified atom stereocenters. The summed E-state index contributed by atoms with van der Waals surface area (Å²) in [4.78, 5) is 32.3. The van der Waals surface area contributed by atoms with Gasteiger partial charge in [0.25, 0.3) is 0 Å². The predicted octanol–water partition coefficient (Wildman–Crippen LogP) is 0.823. The van der Waals surface area contributed by atoms with Gasteiger partial charge in [-0.1, -0.05) is 0 Å². The van der Waals surface area contributed by atoms with Crippen LogP contribution in [-0.2, 0) is 18.8 Å². The van der Waals surface area contributed by atoms with E-state index in [-0.39, 0.29) is 32.5 Å². The highest BCUT2D eigenvalue weighted by molar-refractivity contribution is 7.37. The Hall–Kier alpha value is -1.07. The average molecular weight is 267 g/mol. The molecule has 0 heterocycles. The second-order valence-electron chi connectivity index (χ2n) is 3.07. The van der Waals surface area contributed by atoms with E-state index in [1.165, 1.54) is 0 Å². The van der Waals surface area contributed by atoms with E-state index in [2.05, 4.69) is 4.74 Å². The van der Waals surface area contributed by atoms with Crippen LogP contribution >= 0.6 is 8.03 Å². The summed E-state index contributed by atoms with van der Waals surface area (Å²) in [5, 5.41) is 0. The summed E-state index contributed by atoms with van der Waals surface area (Å²) in [6.45, 7) is 3.74. The lowest BCUT2D eigenvalue weighted by Crippen LogP contribution is -2.33. The third-order valence-electron chi connectivity index (χ3n) is 1.74. The van der Waals surface area contributed by atoms with Crippen LogP contribution in [0.4, 0.5) is 4.79 Å². The Kier molecular flexibility index (Phi) is 8.44. The number of nitrogens with zero attached hydrogens (tertiary/aromatic N) is 1. The fourth-order valence-corrected chi connectivity index (χ4v) is 1.69. The van der Waals surface area contributed by atoms with Gasteiger partial charge in [0.2, 0.25) is 8.03 Å². The molecule has 1 N–H and O–H groups in total. The molecular weight excluding hydrogens is 249 g/mol. The molecule has 0 fully saturated rings. The van der Waals surface area contributed by atoms with Crippen LogP contribution in [0.1, 0.15) is 20.3 Å². The maximum Gasteiger partial charge on any atom is 0.410 e. The Morgan fingerprint density at radius 1 is 1.24 bits per heavy atom. The molecule has 0 spiro atoms. The summed E-state index contributed by atoms with van der Waals surface area (Å²) in [6.07, 6.45) is -1.05. The van der Waals surface area contributed by atoms with Crippen molar-refractivity contribution in [3.63, 3.8) is 0 Å². The summed E-state index contributed by atoms with van der Waals surface area (Å²) < 4.78 is 20.1. The van der Waals surface area contributed by atoms with Crippen LogP contribution in [0.3, 0.4) is 0 Å². The van der Waals surface area contributed by atoms with E-state index < -0.39 is 20.1 Å². The number of carbonyl (C=O) groups excluding carboxylic acids is 2. The molecular formula is C9H18NO6P. The van der Waals surface area contributed by atoms with Gasteiger partial charge in [-0.25, -0.2) is 4.79 Å². The molecule has 0 saturated heterocycles. The second kappa shape index (κ2) is 9.01. The molecule has 0 aliphatic carbocycles. The van der Waals surface area contributed by atoms with Gasteiger partial charge in [0.1, 0.15) is 0 Å². The minimum absolute atomic E-state index is 0.00856. The summed E-state index contributed by atoms with van der Waals surface area (Å²) in [7, 11) is -2.83. The lowest BCUT2D eigenvalue weighted by molar-refractivity contribution is -0.143. The molecule has 0 saturated carbocycles. The minimum atomic E-state index is -2.83. The zero-order valence-electron chi connectivity index (χ0n) is 9.97. The number of hydrogen-bond acceptors (Lipinski definition) is 5. The van der Waals surface area contributed by atoms with Crippen molar-refractivity contribution in [2.24, 2.45) is 0 Å². The van der Waals surface area contributed by atoms with Gasteiger partial charge in [-0.3, -0.25) is 14.3 Å². The quantitative estimate of drug-likeness (QED) is 0.542. The van der Waals surface area contributed by atoms with E-state index in [0.29, 0.717) is 0 Å². The largest absolute Gasteiger partial charge is 0.466 e. The fourth-order valence-electron chi connectivity index (χ4n) is 1.07. The predicted molar refractivity (Wildman–Crippen MR) is 61.1 cm³/mol. The fraction of sp³-hybridized carbons (Fsp3) is 0.778. The number of hydrogen-bond donors (Lipinski definition) is 1. The molecule has 0 radical (unpaired) electrons. The molecule has 0 aromatic carbocycles. The van der Waals surface area contributed by atoms with Crippen molar-refractivity contribution >= 4 is 20.1 Å². The molecule has 0 rings (SSSR count). The van der Waals surface area contributed by atoms with E-state index in [4.69, 9.17) is 9.63 Å². The summed E-state index contributed by atoms with van der Waals surface area (Å²) in [5.41, 5.74) is 0. The van der Waals surface area contributed by atoms with Crippen LogP contribution in [-0.4, -0.2) is 47.9 Å². The summed E-state index contributed by atoms with van der Waals surface area (Å²) in [6, 6.07) is 0. The Labute approximate surface area is 101 Å². The van der Waals surface area contributed by atoms with Crippen molar-refractivity contribution < 1.29 is 28.5 Å². The Morgan fingerprint density at radius 2 is 1.82 bits per heavy atom. The van der Waals surface area contributed by atoms with Gasteiger partial charge in [0, 0.05) is 6.54 Å². The van der Waals surface area contributed by atoms with E-state index >= 15 is 0 Å². The first-order valence-corrected chi connectivity index (χ1v) is 6.86. The van der Waals surface area contributed by atoms with Crippen molar-refractivity contribution in [3.8, 4) is 0 Å². The van der Waals surface area contributed by atoms with Crippen molar-refractivity contribution in [1.82, 2.24) is 4.90 Å². The van der Waals surface area contributed by atoms with E-state index in [1.807, 2.05) is 0 Å². The third-order valence-corrected chi connectivity index (χ3v) is 2.40. The summed E-state index contributed by atoms with van der Waals surface area (Å²) in [5.74, 6) is -0.459. The smallest absolute Gasteiger partial charge is 0.410 e. The van der Waals surface area contributed by atoms with Crippen LogP contribution in [0.25, 0.3) is 0 Å². The van der Waals surface area contributed by atoms with Crippen LogP contribution in [0.5, 0.6) is 0 Å². The summed E-state index contributed by atoms with van der Waals surface area (Å²) >= 11 is 0. The molecule has 0 aliphatic rings. The van der Waals surface area contributed by atoms with Gasteiger partial charge < -0.3 is 14.4 Å². The Bertz CT molecular complexity index is 283.